The molecule has 4 aromatic heterocycles. The Labute approximate surface area is 200 Å². The highest BCUT2D eigenvalue weighted by Crippen LogP contribution is 2.30. The number of ether oxygens (including phenoxy) is 1. The van der Waals surface area contributed by atoms with E-state index in [4.69, 9.17) is 9.84 Å². The van der Waals surface area contributed by atoms with E-state index in [1.54, 1.807) is 41.3 Å². The number of hydrogen-bond donors (Lipinski definition) is 3. The standard InChI is InChI=1S/C25H21N7O3/c1-2-22(34)30-18-4-3-5-19(10-18)35-23-14-28-25-24(31-23)20(13-27-25)16-6-7-21(26-11-16)17-12-29-32(15-17)8-9-33/h2-7,10-15,33H,1,8-9H2,(H,27,28)(H,30,34). The number of rotatable bonds is 8. The highest BCUT2D eigenvalue weighted by molar-refractivity contribution is 5.99. The van der Waals surface area contributed by atoms with Gasteiger partial charge in [0.25, 0.3) is 0 Å². The SMILES string of the molecule is C=CC(=O)Nc1cccc(Oc2cnc3[nH]cc(-c4ccc(-c5cnn(CCO)c5)nc4)c3n2)c1. The first kappa shape index (κ1) is 22.0. The lowest BCUT2D eigenvalue weighted by molar-refractivity contribution is -0.111. The van der Waals surface area contributed by atoms with Crippen molar-refractivity contribution in [2.45, 2.75) is 6.54 Å². The Hall–Kier alpha value is -4.83. The molecule has 5 rings (SSSR count). The van der Waals surface area contributed by atoms with Crippen molar-refractivity contribution in [2.24, 2.45) is 0 Å². The van der Waals surface area contributed by atoms with Crippen LogP contribution in [-0.2, 0) is 11.3 Å². The third-order valence-electron chi connectivity index (χ3n) is 5.20. The van der Waals surface area contributed by atoms with E-state index in [0.717, 1.165) is 22.4 Å². The zero-order valence-corrected chi connectivity index (χ0v) is 18.5. The number of carbonyl (C=O) groups is 1. The normalized spacial score (nSPS) is 10.9. The number of fused-ring (bicyclic) bond motifs is 1. The fraction of sp³-hybridized carbons (Fsp3) is 0.0800. The summed E-state index contributed by atoms with van der Waals surface area (Å²) in [4.78, 5) is 28.3. The molecule has 0 saturated carbocycles. The van der Waals surface area contributed by atoms with Crippen LogP contribution in [0.2, 0.25) is 0 Å². The lowest BCUT2D eigenvalue weighted by Crippen LogP contribution is -2.07. The van der Waals surface area contributed by atoms with E-state index in [1.165, 1.54) is 12.3 Å². The van der Waals surface area contributed by atoms with E-state index in [2.05, 4.69) is 36.9 Å². The van der Waals surface area contributed by atoms with Crippen molar-refractivity contribution in [1.29, 1.82) is 0 Å². The first-order valence-electron chi connectivity index (χ1n) is 10.8. The van der Waals surface area contributed by atoms with E-state index in [0.29, 0.717) is 35.0 Å². The number of aliphatic hydroxyl groups is 1. The van der Waals surface area contributed by atoms with Crippen LogP contribution < -0.4 is 10.1 Å². The Morgan fingerprint density at radius 3 is 2.89 bits per heavy atom. The monoisotopic (exact) mass is 467 g/mol. The molecule has 4 heterocycles. The van der Waals surface area contributed by atoms with Crippen LogP contribution in [-0.4, -0.2) is 47.3 Å². The van der Waals surface area contributed by atoms with Crippen LogP contribution in [0.1, 0.15) is 0 Å². The first-order valence-corrected chi connectivity index (χ1v) is 10.8. The van der Waals surface area contributed by atoms with Crippen LogP contribution in [0.15, 0.2) is 80.0 Å². The molecule has 0 aliphatic heterocycles. The topological polar surface area (TPSA) is 131 Å². The minimum absolute atomic E-state index is 0.0259. The van der Waals surface area contributed by atoms with Gasteiger partial charge < -0.3 is 20.1 Å². The van der Waals surface area contributed by atoms with Crippen molar-refractivity contribution >= 4 is 22.8 Å². The molecule has 0 aliphatic carbocycles. The minimum atomic E-state index is -0.307. The molecular formula is C25H21N7O3. The lowest BCUT2D eigenvalue weighted by Gasteiger charge is -2.07. The Bertz CT molecular complexity index is 1510. The molecule has 0 fully saturated rings. The van der Waals surface area contributed by atoms with Gasteiger partial charge in [-0.25, -0.2) is 9.97 Å². The summed E-state index contributed by atoms with van der Waals surface area (Å²) in [5.41, 5.74) is 5.18. The highest BCUT2D eigenvalue weighted by atomic mass is 16.5. The van der Waals surface area contributed by atoms with E-state index in [-0.39, 0.29) is 12.5 Å². The maximum atomic E-state index is 11.6. The Kier molecular flexibility index (Phi) is 6.01. The summed E-state index contributed by atoms with van der Waals surface area (Å²) in [7, 11) is 0. The number of amides is 1. The molecule has 35 heavy (non-hydrogen) atoms. The molecule has 174 valence electrons. The number of nitrogens with one attached hydrogen (secondary N) is 2. The molecule has 0 unspecified atom stereocenters. The van der Waals surface area contributed by atoms with Gasteiger partial charge in [0.1, 0.15) is 11.3 Å². The maximum absolute atomic E-state index is 11.6. The first-order chi connectivity index (χ1) is 17.1. The van der Waals surface area contributed by atoms with Gasteiger partial charge in [-0.15, -0.1) is 0 Å². The molecule has 0 bridgehead atoms. The van der Waals surface area contributed by atoms with Crippen molar-refractivity contribution in [3.63, 3.8) is 0 Å². The Morgan fingerprint density at radius 1 is 1.17 bits per heavy atom. The van der Waals surface area contributed by atoms with Crippen molar-refractivity contribution in [2.75, 3.05) is 11.9 Å². The minimum Gasteiger partial charge on any atom is -0.437 e. The van der Waals surface area contributed by atoms with Gasteiger partial charge in [0.2, 0.25) is 11.8 Å². The summed E-state index contributed by atoms with van der Waals surface area (Å²) < 4.78 is 7.57. The summed E-state index contributed by atoms with van der Waals surface area (Å²) in [6.45, 7) is 3.91. The third-order valence-corrected chi connectivity index (χ3v) is 5.20. The summed E-state index contributed by atoms with van der Waals surface area (Å²) in [6, 6.07) is 10.8. The van der Waals surface area contributed by atoms with E-state index < -0.39 is 0 Å². The summed E-state index contributed by atoms with van der Waals surface area (Å²) >= 11 is 0. The van der Waals surface area contributed by atoms with E-state index >= 15 is 0 Å². The second-order valence-electron chi connectivity index (χ2n) is 7.58. The number of nitrogens with zero attached hydrogens (tertiary/aromatic N) is 5. The van der Waals surface area contributed by atoms with E-state index in [9.17, 15) is 4.79 Å². The van der Waals surface area contributed by atoms with Gasteiger partial charge in [0.05, 0.1) is 31.2 Å². The van der Waals surface area contributed by atoms with Crippen molar-refractivity contribution < 1.29 is 14.6 Å². The number of aromatic nitrogens is 6. The molecular weight excluding hydrogens is 446 g/mol. The number of pyridine rings is 1. The molecule has 10 heteroatoms. The van der Waals surface area contributed by atoms with Crippen LogP contribution in [0.4, 0.5) is 5.69 Å². The predicted molar refractivity (Wildman–Crippen MR) is 131 cm³/mol. The largest absolute Gasteiger partial charge is 0.437 e. The molecule has 10 nitrogen and oxygen atoms in total. The average molecular weight is 467 g/mol. The van der Waals surface area contributed by atoms with Gasteiger partial charge in [-0.2, -0.15) is 5.10 Å². The van der Waals surface area contributed by atoms with Crippen LogP contribution >= 0.6 is 0 Å². The number of benzene rings is 1. The quantitative estimate of drug-likeness (QED) is 0.296. The smallest absolute Gasteiger partial charge is 0.247 e. The molecule has 1 amide bonds. The zero-order chi connectivity index (χ0) is 24.2. The van der Waals surface area contributed by atoms with Crippen LogP contribution in [0.25, 0.3) is 33.5 Å². The molecule has 1 aromatic carbocycles. The third kappa shape index (κ3) is 4.77. The fourth-order valence-electron chi connectivity index (χ4n) is 3.54. The summed E-state index contributed by atoms with van der Waals surface area (Å²) in [5, 5.41) is 16.0. The zero-order valence-electron chi connectivity index (χ0n) is 18.5. The second-order valence-corrected chi connectivity index (χ2v) is 7.58. The van der Waals surface area contributed by atoms with Gasteiger partial charge in [-0.05, 0) is 24.3 Å². The molecule has 5 aromatic rings. The molecule has 0 radical (unpaired) electrons. The number of carbonyl (C=O) groups excluding carboxylic acids is 1. The number of aliphatic hydroxyl groups excluding tert-OH is 1. The lowest BCUT2D eigenvalue weighted by atomic mass is 10.1. The highest BCUT2D eigenvalue weighted by Gasteiger charge is 2.12. The summed E-state index contributed by atoms with van der Waals surface area (Å²) in [6.07, 6.45) is 9.89. The number of aromatic amines is 1. The molecule has 3 N–H and O–H groups in total. The second kappa shape index (κ2) is 9.57. The Balaban J connectivity index is 1.39. The summed E-state index contributed by atoms with van der Waals surface area (Å²) in [5.74, 6) is 0.510. The van der Waals surface area contributed by atoms with Crippen molar-refractivity contribution in [1.82, 2.24) is 29.7 Å². The van der Waals surface area contributed by atoms with Crippen LogP contribution in [0.3, 0.4) is 0 Å². The van der Waals surface area contributed by atoms with Gasteiger partial charge in [-0.3, -0.25) is 14.5 Å². The number of anilines is 1. The molecule has 0 aliphatic rings. The molecule has 0 atom stereocenters. The van der Waals surface area contributed by atoms with E-state index in [1.807, 2.05) is 24.5 Å². The van der Waals surface area contributed by atoms with Crippen molar-refractivity contribution in [3.05, 3.63) is 80.0 Å². The Morgan fingerprint density at radius 2 is 2.09 bits per heavy atom. The molecule has 0 saturated heterocycles. The van der Waals surface area contributed by atoms with Gasteiger partial charge in [0, 0.05) is 47.0 Å². The molecule has 0 spiro atoms. The maximum Gasteiger partial charge on any atom is 0.247 e. The van der Waals surface area contributed by atoms with Crippen LogP contribution in [0.5, 0.6) is 11.6 Å². The average Bonchev–Trinajstić information content (AvgIpc) is 3.52. The number of hydrogen-bond acceptors (Lipinski definition) is 7. The number of H-pyrrole nitrogens is 1. The fourth-order valence-corrected chi connectivity index (χ4v) is 3.54. The van der Waals surface area contributed by atoms with Crippen molar-refractivity contribution in [3.8, 4) is 34.0 Å². The van der Waals surface area contributed by atoms with Gasteiger partial charge >= 0.3 is 0 Å². The van der Waals surface area contributed by atoms with Crippen LogP contribution in [0, 0.1) is 0 Å². The van der Waals surface area contributed by atoms with Gasteiger partial charge in [-0.1, -0.05) is 18.7 Å². The predicted octanol–water partition coefficient (Wildman–Crippen LogP) is 3.79. The van der Waals surface area contributed by atoms with Gasteiger partial charge in [0.15, 0.2) is 5.65 Å².